The fourth-order valence-corrected chi connectivity index (χ4v) is 5.26. The predicted molar refractivity (Wildman–Crippen MR) is 151 cm³/mol. The molecule has 0 aliphatic rings. The van der Waals surface area contributed by atoms with Crippen molar-refractivity contribution in [3.63, 3.8) is 0 Å². The lowest BCUT2D eigenvalue weighted by molar-refractivity contribution is -0.929. The lowest BCUT2D eigenvalue weighted by Crippen LogP contribution is -2.50. The van der Waals surface area contributed by atoms with Crippen LogP contribution in [-0.2, 0) is 11.2 Å². The molecule has 2 aromatic rings. The van der Waals surface area contributed by atoms with Gasteiger partial charge in [0.05, 0.1) is 37.3 Å². The van der Waals surface area contributed by atoms with Crippen LogP contribution in [0.3, 0.4) is 0 Å². The summed E-state index contributed by atoms with van der Waals surface area (Å²) < 4.78 is 13.6. The predicted octanol–water partition coefficient (Wildman–Crippen LogP) is 7.25. The maximum absolute atomic E-state index is 12.2. The Hall–Kier alpha value is -2.35. The number of benzene rings is 2. The summed E-state index contributed by atoms with van der Waals surface area (Å²) in [7, 11) is 0. The van der Waals surface area contributed by atoms with E-state index in [1.54, 1.807) is 0 Å². The highest BCUT2D eigenvalue weighted by Crippen LogP contribution is 2.22. The van der Waals surface area contributed by atoms with E-state index < -0.39 is 23.1 Å². The molecular formula is C30H46NO5S+. The number of hydrogen-bond donors (Lipinski definition) is 2. The summed E-state index contributed by atoms with van der Waals surface area (Å²) >= 11 is -1.48. The van der Waals surface area contributed by atoms with Gasteiger partial charge in [0.25, 0.3) is 0 Å². The number of carbonyl (C=O) groups is 2. The number of carboxylic acids is 2. The molecule has 6 nitrogen and oxygen atoms in total. The number of aromatic carboxylic acids is 2. The number of carboxylic acid groups (broad SMARTS) is 2. The summed E-state index contributed by atoms with van der Waals surface area (Å²) in [6, 6.07) is 11.4. The first-order valence-electron chi connectivity index (χ1n) is 13.7. The average Bonchev–Trinajstić information content (AvgIpc) is 2.92. The third-order valence-electron chi connectivity index (χ3n) is 6.57. The van der Waals surface area contributed by atoms with E-state index in [-0.39, 0.29) is 11.1 Å². The summed E-state index contributed by atoms with van der Waals surface area (Å²) in [5, 5.41) is 17.6. The molecule has 0 bridgehead atoms. The van der Waals surface area contributed by atoms with E-state index in [0.717, 1.165) is 0 Å². The molecule has 0 aromatic heterocycles. The number of rotatable bonds is 16. The Morgan fingerprint density at radius 3 is 1.11 bits per heavy atom. The van der Waals surface area contributed by atoms with E-state index in [0.29, 0.717) is 9.79 Å². The maximum Gasteiger partial charge on any atom is 0.335 e. The van der Waals surface area contributed by atoms with Gasteiger partial charge < -0.3 is 19.2 Å². The minimum atomic E-state index is -1.48. The van der Waals surface area contributed by atoms with Crippen molar-refractivity contribution in [2.45, 2.75) is 88.9 Å². The Bertz CT molecular complexity index is 820. The summed E-state index contributed by atoms with van der Waals surface area (Å²) in [5.41, 5.74) is 0.235. The molecule has 2 aromatic carbocycles. The summed E-state index contributed by atoms with van der Waals surface area (Å²) in [4.78, 5) is 22.4. The van der Waals surface area contributed by atoms with Gasteiger partial charge >= 0.3 is 11.9 Å². The van der Waals surface area contributed by atoms with Gasteiger partial charge in [-0.05, 0) is 74.2 Å². The van der Waals surface area contributed by atoms with Gasteiger partial charge in [-0.3, -0.25) is 0 Å². The van der Waals surface area contributed by atoms with Crippen molar-refractivity contribution < 1.29 is 28.8 Å². The van der Waals surface area contributed by atoms with Crippen LogP contribution >= 0.6 is 0 Å². The van der Waals surface area contributed by atoms with E-state index in [1.807, 2.05) is 0 Å². The highest BCUT2D eigenvalue weighted by Gasteiger charge is 2.24. The second-order valence-electron chi connectivity index (χ2n) is 9.58. The van der Waals surface area contributed by atoms with E-state index in [1.165, 1.54) is 131 Å². The number of hydrogen-bond acceptors (Lipinski definition) is 3. The highest BCUT2D eigenvalue weighted by molar-refractivity contribution is 7.91. The van der Waals surface area contributed by atoms with Crippen LogP contribution in [-0.4, -0.2) is 57.4 Å². The SMILES string of the molecule is CCCC[N+](CCCC)(CCCC)CCCC.O=C(O)c1ccc([S+]([O-])c2ccc(C(=O)O)cc2)cc1. The number of nitrogens with zero attached hydrogens (tertiary/aromatic N) is 1. The molecule has 37 heavy (non-hydrogen) atoms. The quantitative estimate of drug-likeness (QED) is 0.175. The molecule has 0 aliphatic heterocycles. The first-order chi connectivity index (χ1) is 17.7. The zero-order valence-corrected chi connectivity index (χ0v) is 23.9. The van der Waals surface area contributed by atoms with Crippen LogP contribution in [0.1, 0.15) is 99.8 Å². The number of unbranched alkanes of at least 4 members (excludes halogenated alkanes) is 4. The maximum atomic E-state index is 12.2. The first-order valence-corrected chi connectivity index (χ1v) is 14.8. The lowest BCUT2D eigenvalue weighted by Gasteiger charge is -2.39. The molecule has 7 heteroatoms. The fraction of sp³-hybridized carbons (Fsp3) is 0.533. The minimum absolute atomic E-state index is 0.118. The molecule has 0 spiro atoms. The van der Waals surface area contributed by atoms with Gasteiger partial charge in [-0.1, -0.05) is 53.4 Å². The van der Waals surface area contributed by atoms with Crippen molar-refractivity contribution in [3.8, 4) is 0 Å². The summed E-state index contributed by atoms with van der Waals surface area (Å²) in [6.45, 7) is 15.0. The zero-order chi connectivity index (χ0) is 27.7. The smallest absolute Gasteiger partial charge is 0.335 e. The van der Waals surface area contributed by atoms with Gasteiger partial charge in [0.2, 0.25) is 0 Å². The van der Waals surface area contributed by atoms with Crippen LogP contribution in [0.5, 0.6) is 0 Å². The van der Waals surface area contributed by atoms with Crippen LogP contribution in [0.4, 0.5) is 0 Å². The Morgan fingerprint density at radius 2 is 0.892 bits per heavy atom. The van der Waals surface area contributed by atoms with Crippen molar-refractivity contribution in [3.05, 3.63) is 59.7 Å². The van der Waals surface area contributed by atoms with Gasteiger partial charge in [-0.15, -0.1) is 0 Å². The molecule has 2 N–H and O–H groups in total. The molecule has 0 amide bonds. The minimum Gasteiger partial charge on any atom is -0.606 e. The topological polar surface area (TPSA) is 97.7 Å². The zero-order valence-electron chi connectivity index (χ0n) is 23.1. The third kappa shape index (κ3) is 11.7. The van der Waals surface area contributed by atoms with Gasteiger partial charge in [0.15, 0.2) is 9.79 Å². The normalized spacial score (nSPS) is 11.2. The standard InChI is InChI=1S/C16H36N.C14H10O5S/c1-5-9-13-17(14-10-6-2,15-11-7-3)16-12-8-4;15-13(16)9-1-5-11(6-2-9)20(19)12-7-3-10(4-8-12)14(17)18/h5-16H2,1-4H3;1-8H,(H,15,16)(H,17,18)/q+1;. The Labute approximate surface area is 226 Å². The van der Waals surface area contributed by atoms with Crippen molar-refractivity contribution >= 4 is 23.1 Å². The van der Waals surface area contributed by atoms with Gasteiger partial charge in [-0.2, -0.15) is 0 Å². The first kappa shape index (κ1) is 32.7. The summed E-state index contributed by atoms with van der Waals surface area (Å²) in [6.07, 6.45) is 11.1. The van der Waals surface area contributed by atoms with Crippen LogP contribution in [0.2, 0.25) is 0 Å². The molecule has 0 aliphatic carbocycles. The Kier molecular flexibility index (Phi) is 15.9. The molecule has 0 atom stereocenters. The van der Waals surface area contributed by atoms with Gasteiger partial charge in [-0.25, -0.2) is 9.59 Å². The average molecular weight is 533 g/mol. The van der Waals surface area contributed by atoms with Crippen LogP contribution < -0.4 is 0 Å². The molecule has 0 fully saturated rings. The molecule has 0 unspecified atom stereocenters. The van der Waals surface area contributed by atoms with Crippen molar-refractivity contribution in [1.29, 1.82) is 0 Å². The molecule has 2 rings (SSSR count). The highest BCUT2D eigenvalue weighted by atomic mass is 32.2. The molecule has 0 heterocycles. The van der Waals surface area contributed by atoms with Crippen LogP contribution in [0, 0.1) is 0 Å². The lowest BCUT2D eigenvalue weighted by atomic mass is 10.1. The second-order valence-corrected chi connectivity index (χ2v) is 11.1. The third-order valence-corrected chi connectivity index (χ3v) is 7.98. The van der Waals surface area contributed by atoms with E-state index in [9.17, 15) is 14.1 Å². The monoisotopic (exact) mass is 532 g/mol. The van der Waals surface area contributed by atoms with Crippen LogP contribution in [0.25, 0.3) is 0 Å². The largest absolute Gasteiger partial charge is 0.606 e. The van der Waals surface area contributed by atoms with Crippen LogP contribution in [0.15, 0.2) is 58.3 Å². The van der Waals surface area contributed by atoms with E-state index in [4.69, 9.17) is 10.2 Å². The van der Waals surface area contributed by atoms with Gasteiger partial charge in [0.1, 0.15) is 0 Å². The Balaban J connectivity index is 0.000000377. The van der Waals surface area contributed by atoms with Crippen molar-refractivity contribution in [2.75, 3.05) is 26.2 Å². The molecule has 0 saturated heterocycles. The fourth-order valence-electron chi connectivity index (χ4n) is 4.22. The molecular weight excluding hydrogens is 486 g/mol. The van der Waals surface area contributed by atoms with E-state index in [2.05, 4.69) is 27.7 Å². The van der Waals surface area contributed by atoms with E-state index >= 15 is 0 Å². The van der Waals surface area contributed by atoms with Crippen molar-refractivity contribution in [2.24, 2.45) is 0 Å². The number of quaternary nitrogens is 1. The van der Waals surface area contributed by atoms with Gasteiger partial charge in [0, 0.05) is 11.2 Å². The Morgan fingerprint density at radius 1 is 0.622 bits per heavy atom. The summed E-state index contributed by atoms with van der Waals surface area (Å²) in [5.74, 6) is -2.10. The second kappa shape index (κ2) is 18.0. The molecule has 0 saturated carbocycles. The van der Waals surface area contributed by atoms with Crippen molar-refractivity contribution in [1.82, 2.24) is 0 Å². The molecule has 206 valence electrons. The molecule has 0 radical (unpaired) electrons.